The molecule has 0 aliphatic carbocycles. The second kappa shape index (κ2) is 6.56. The Morgan fingerprint density at radius 1 is 1.00 bits per heavy atom. The third-order valence-corrected chi connectivity index (χ3v) is 2.74. The fraction of sp³-hybridized carbons (Fsp3) is 0.200. The van der Waals surface area contributed by atoms with Crippen LogP contribution in [0.2, 0.25) is 0 Å². The van der Waals surface area contributed by atoms with Gasteiger partial charge in [-0.05, 0) is 25.1 Å². The van der Waals surface area contributed by atoms with E-state index in [0.717, 1.165) is 5.75 Å². The van der Waals surface area contributed by atoms with Gasteiger partial charge in [-0.15, -0.1) is 0 Å². The van der Waals surface area contributed by atoms with Crippen LogP contribution in [0, 0.1) is 17.0 Å². The summed E-state index contributed by atoms with van der Waals surface area (Å²) in [5, 5.41) is 11.0. The molecular formula is C15H15NO4. The number of nitro groups is 1. The molecule has 2 aromatic rings. The average Bonchev–Trinajstić information content (AvgIpc) is 2.44. The van der Waals surface area contributed by atoms with Crippen LogP contribution in [-0.2, 0) is 0 Å². The molecular weight excluding hydrogens is 258 g/mol. The van der Waals surface area contributed by atoms with Crippen molar-refractivity contribution in [2.75, 3.05) is 13.2 Å². The van der Waals surface area contributed by atoms with E-state index in [1.807, 2.05) is 30.3 Å². The van der Waals surface area contributed by atoms with Gasteiger partial charge in [0.25, 0.3) is 0 Å². The lowest BCUT2D eigenvalue weighted by atomic mass is 10.2. The van der Waals surface area contributed by atoms with Gasteiger partial charge in [-0.3, -0.25) is 10.1 Å². The van der Waals surface area contributed by atoms with Crippen LogP contribution in [0.25, 0.3) is 0 Å². The van der Waals surface area contributed by atoms with Gasteiger partial charge in [-0.2, -0.15) is 0 Å². The van der Waals surface area contributed by atoms with E-state index in [2.05, 4.69) is 0 Å². The first-order valence-corrected chi connectivity index (χ1v) is 6.23. The van der Waals surface area contributed by atoms with E-state index in [0.29, 0.717) is 12.2 Å². The van der Waals surface area contributed by atoms with Crippen molar-refractivity contribution in [3.63, 3.8) is 0 Å². The molecule has 0 bridgehead atoms. The number of aryl methyl sites for hydroxylation is 1. The molecule has 0 atom stereocenters. The Morgan fingerprint density at radius 3 is 2.40 bits per heavy atom. The first-order valence-electron chi connectivity index (χ1n) is 6.23. The second-order valence-electron chi connectivity index (χ2n) is 4.19. The number of nitrogens with zero attached hydrogens (tertiary/aromatic N) is 1. The monoisotopic (exact) mass is 273 g/mol. The molecule has 5 heteroatoms. The number of benzene rings is 2. The van der Waals surface area contributed by atoms with Gasteiger partial charge < -0.3 is 9.47 Å². The molecule has 0 saturated carbocycles. The largest absolute Gasteiger partial charge is 0.490 e. The highest BCUT2D eigenvalue weighted by atomic mass is 16.6. The van der Waals surface area contributed by atoms with E-state index in [-0.39, 0.29) is 18.0 Å². The van der Waals surface area contributed by atoms with E-state index in [4.69, 9.17) is 9.47 Å². The summed E-state index contributed by atoms with van der Waals surface area (Å²) >= 11 is 0. The number of para-hydroxylation sites is 2. The number of hydrogen-bond donors (Lipinski definition) is 0. The minimum absolute atomic E-state index is 0.00668. The summed E-state index contributed by atoms with van der Waals surface area (Å²) in [7, 11) is 0. The Bertz CT molecular complexity index is 584. The van der Waals surface area contributed by atoms with Crippen LogP contribution in [0.4, 0.5) is 5.69 Å². The summed E-state index contributed by atoms with van der Waals surface area (Å²) in [6, 6.07) is 14.3. The summed E-state index contributed by atoms with van der Waals surface area (Å²) < 4.78 is 10.9. The molecule has 0 aliphatic rings. The summed E-state index contributed by atoms with van der Waals surface area (Å²) in [4.78, 5) is 10.6. The number of nitro benzene ring substituents is 1. The van der Waals surface area contributed by atoms with Crippen LogP contribution in [0.1, 0.15) is 5.56 Å². The van der Waals surface area contributed by atoms with Gasteiger partial charge in [0.1, 0.15) is 19.0 Å². The van der Waals surface area contributed by atoms with Crippen LogP contribution in [0.3, 0.4) is 0 Å². The molecule has 104 valence electrons. The number of ether oxygens (including phenoxy) is 2. The summed E-state index contributed by atoms with van der Waals surface area (Å²) in [5.41, 5.74) is 0.587. The predicted molar refractivity (Wildman–Crippen MR) is 75.3 cm³/mol. The van der Waals surface area contributed by atoms with Gasteiger partial charge >= 0.3 is 5.69 Å². The molecule has 0 heterocycles. The molecule has 0 aromatic heterocycles. The zero-order chi connectivity index (χ0) is 14.4. The molecule has 0 aliphatic heterocycles. The Labute approximate surface area is 116 Å². The van der Waals surface area contributed by atoms with Crippen LogP contribution in [0.15, 0.2) is 48.5 Å². The lowest BCUT2D eigenvalue weighted by Crippen LogP contribution is -2.10. The van der Waals surface area contributed by atoms with Crippen molar-refractivity contribution < 1.29 is 14.4 Å². The van der Waals surface area contributed by atoms with Gasteiger partial charge in [-0.25, -0.2) is 0 Å². The summed E-state index contributed by atoms with van der Waals surface area (Å²) in [5.74, 6) is 1.02. The van der Waals surface area contributed by atoms with E-state index in [1.165, 1.54) is 0 Å². The van der Waals surface area contributed by atoms with Crippen molar-refractivity contribution >= 4 is 5.69 Å². The van der Waals surface area contributed by atoms with Crippen molar-refractivity contribution in [1.82, 2.24) is 0 Å². The zero-order valence-electron chi connectivity index (χ0n) is 11.1. The zero-order valence-corrected chi connectivity index (χ0v) is 11.1. The van der Waals surface area contributed by atoms with Crippen LogP contribution in [0.5, 0.6) is 11.5 Å². The minimum Gasteiger partial charge on any atom is -0.490 e. The highest BCUT2D eigenvalue weighted by molar-refractivity contribution is 5.52. The van der Waals surface area contributed by atoms with E-state index in [9.17, 15) is 10.1 Å². The fourth-order valence-electron chi connectivity index (χ4n) is 1.81. The normalized spacial score (nSPS) is 10.1. The molecule has 0 radical (unpaired) electrons. The summed E-state index contributed by atoms with van der Waals surface area (Å²) in [6.45, 7) is 2.26. The molecule has 0 N–H and O–H groups in total. The third kappa shape index (κ3) is 3.47. The topological polar surface area (TPSA) is 61.6 Å². The maximum absolute atomic E-state index is 11.0. The van der Waals surface area contributed by atoms with Gasteiger partial charge in [-0.1, -0.05) is 30.3 Å². The van der Waals surface area contributed by atoms with Gasteiger partial charge in [0.15, 0.2) is 5.75 Å². The summed E-state index contributed by atoms with van der Waals surface area (Å²) in [6.07, 6.45) is 0. The third-order valence-electron chi connectivity index (χ3n) is 2.74. The van der Waals surface area contributed by atoms with Crippen LogP contribution < -0.4 is 9.47 Å². The maximum Gasteiger partial charge on any atom is 0.313 e. The average molecular weight is 273 g/mol. The molecule has 20 heavy (non-hydrogen) atoms. The molecule has 0 amide bonds. The molecule has 2 rings (SSSR count). The van der Waals surface area contributed by atoms with Crippen molar-refractivity contribution in [3.05, 3.63) is 64.2 Å². The van der Waals surface area contributed by atoms with Gasteiger partial charge in [0, 0.05) is 5.56 Å². The van der Waals surface area contributed by atoms with Gasteiger partial charge in [0.05, 0.1) is 4.92 Å². The number of hydrogen-bond acceptors (Lipinski definition) is 4. The molecule has 0 spiro atoms. The Kier molecular flexibility index (Phi) is 4.55. The minimum atomic E-state index is -0.428. The molecule has 2 aromatic carbocycles. The first kappa shape index (κ1) is 13.9. The molecule has 0 fully saturated rings. The lowest BCUT2D eigenvalue weighted by Gasteiger charge is -2.09. The highest BCUT2D eigenvalue weighted by Gasteiger charge is 2.17. The highest BCUT2D eigenvalue weighted by Crippen LogP contribution is 2.29. The molecule has 5 nitrogen and oxygen atoms in total. The second-order valence-corrected chi connectivity index (χ2v) is 4.19. The van der Waals surface area contributed by atoms with Crippen molar-refractivity contribution in [3.8, 4) is 11.5 Å². The quantitative estimate of drug-likeness (QED) is 0.460. The lowest BCUT2D eigenvalue weighted by molar-refractivity contribution is -0.386. The van der Waals surface area contributed by atoms with Gasteiger partial charge in [0.2, 0.25) is 0 Å². The van der Waals surface area contributed by atoms with Crippen LogP contribution >= 0.6 is 0 Å². The van der Waals surface area contributed by atoms with E-state index in [1.54, 1.807) is 25.1 Å². The molecule has 0 saturated heterocycles. The van der Waals surface area contributed by atoms with Crippen molar-refractivity contribution in [2.45, 2.75) is 6.92 Å². The smallest absolute Gasteiger partial charge is 0.313 e. The predicted octanol–water partition coefficient (Wildman–Crippen LogP) is 3.36. The standard InChI is InChI=1S/C15H15NO4/c1-12-6-5-9-14(15(12)16(17)18)20-11-10-19-13-7-3-2-4-8-13/h2-9H,10-11H2,1H3. The van der Waals surface area contributed by atoms with Crippen molar-refractivity contribution in [1.29, 1.82) is 0 Å². The Hall–Kier alpha value is -2.56. The van der Waals surface area contributed by atoms with E-state index < -0.39 is 4.92 Å². The Morgan fingerprint density at radius 2 is 1.70 bits per heavy atom. The van der Waals surface area contributed by atoms with Crippen molar-refractivity contribution in [2.24, 2.45) is 0 Å². The SMILES string of the molecule is Cc1cccc(OCCOc2ccccc2)c1[N+](=O)[O-]. The first-order chi connectivity index (χ1) is 9.68. The Balaban J connectivity index is 1.92. The van der Waals surface area contributed by atoms with E-state index >= 15 is 0 Å². The number of rotatable bonds is 6. The van der Waals surface area contributed by atoms with Crippen LogP contribution in [-0.4, -0.2) is 18.1 Å². The fourth-order valence-corrected chi connectivity index (χ4v) is 1.81. The maximum atomic E-state index is 11.0. The molecule has 0 unspecified atom stereocenters.